The highest BCUT2D eigenvalue weighted by Gasteiger charge is 2.31. The second-order valence-corrected chi connectivity index (χ2v) is 7.03. The Kier molecular flexibility index (Phi) is 4.66. The molecule has 122 valence electrons. The molecule has 1 aliphatic heterocycles. The number of nitrogens with zero attached hydrogens (tertiary/aromatic N) is 1. The lowest BCUT2D eigenvalue weighted by molar-refractivity contribution is 0.0794. The van der Waals surface area contributed by atoms with E-state index in [-0.39, 0.29) is 19.2 Å². The van der Waals surface area contributed by atoms with E-state index >= 15 is 0 Å². The van der Waals surface area contributed by atoms with Crippen molar-refractivity contribution in [1.29, 1.82) is 0 Å². The lowest BCUT2D eigenvalue weighted by atomic mass is 10.1. The van der Waals surface area contributed by atoms with Crippen LogP contribution in [0, 0.1) is 0 Å². The predicted octanol–water partition coefficient (Wildman–Crippen LogP) is 2.38. The minimum Gasteiger partial charge on any atom is -0.380 e. The molecular formula is C17H19NO4S. The van der Waals surface area contributed by atoms with E-state index in [4.69, 9.17) is 8.92 Å². The molecule has 6 heteroatoms. The van der Waals surface area contributed by atoms with Crippen molar-refractivity contribution in [2.75, 3.05) is 13.7 Å². The van der Waals surface area contributed by atoms with Crippen molar-refractivity contribution in [1.82, 2.24) is 4.31 Å². The van der Waals surface area contributed by atoms with E-state index in [2.05, 4.69) is 0 Å². The number of para-hydroxylation sites is 1. The van der Waals surface area contributed by atoms with Gasteiger partial charge in [-0.2, -0.15) is 12.7 Å². The first-order valence-corrected chi connectivity index (χ1v) is 8.79. The SMILES string of the molecule is COC1Cc2ccccc2OS(=O)(=O)N(Cc2ccccc2)C1. The highest BCUT2D eigenvalue weighted by atomic mass is 32.2. The Labute approximate surface area is 136 Å². The van der Waals surface area contributed by atoms with Gasteiger partial charge in [0.25, 0.3) is 0 Å². The molecule has 0 N–H and O–H groups in total. The van der Waals surface area contributed by atoms with Crippen molar-refractivity contribution >= 4 is 10.3 Å². The zero-order chi connectivity index (χ0) is 16.3. The molecule has 1 unspecified atom stereocenters. The van der Waals surface area contributed by atoms with Crippen LogP contribution >= 0.6 is 0 Å². The Morgan fingerprint density at radius 2 is 1.83 bits per heavy atom. The Hall–Kier alpha value is -1.89. The second kappa shape index (κ2) is 6.70. The van der Waals surface area contributed by atoms with Crippen LogP contribution in [0.1, 0.15) is 11.1 Å². The largest absolute Gasteiger partial charge is 0.385 e. The molecular weight excluding hydrogens is 314 g/mol. The minimum atomic E-state index is -3.88. The molecule has 1 atom stereocenters. The van der Waals surface area contributed by atoms with Gasteiger partial charge in [0.15, 0.2) is 0 Å². The van der Waals surface area contributed by atoms with E-state index < -0.39 is 10.3 Å². The lowest BCUT2D eigenvalue weighted by Crippen LogP contribution is -2.42. The number of rotatable bonds is 3. The zero-order valence-corrected chi connectivity index (χ0v) is 13.7. The van der Waals surface area contributed by atoms with Gasteiger partial charge in [-0.15, -0.1) is 0 Å². The summed E-state index contributed by atoms with van der Waals surface area (Å²) >= 11 is 0. The minimum absolute atomic E-state index is 0.224. The molecule has 1 heterocycles. The smallest absolute Gasteiger partial charge is 0.380 e. The average molecular weight is 333 g/mol. The van der Waals surface area contributed by atoms with Gasteiger partial charge in [-0.3, -0.25) is 0 Å². The first-order valence-electron chi connectivity index (χ1n) is 7.42. The summed E-state index contributed by atoms with van der Waals surface area (Å²) in [5.74, 6) is 0.368. The van der Waals surface area contributed by atoms with Crippen molar-refractivity contribution in [3.8, 4) is 5.75 Å². The van der Waals surface area contributed by atoms with Crippen LogP contribution in [0.25, 0.3) is 0 Å². The van der Waals surface area contributed by atoms with Crippen LogP contribution in [0.3, 0.4) is 0 Å². The van der Waals surface area contributed by atoms with Crippen LogP contribution in [-0.4, -0.2) is 32.5 Å². The molecule has 0 aliphatic carbocycles. The van der Waals surface area contributed by atoms with Crippen LogP contribution in [0.5, 0.6) is 5.75 Å². The van der Waals surface area contributed by atoms with Gasteiger partial charge < -0.3 is 8.92 Å². The summed E-state index contributed by atoms with van der Waals surface area (Å²) in [5, 5.41) is 0. The van der Waals surface area contributed by atoms with Gasteiger partial charge in [-0.25, -0.2) is 0 Å². The maximum absolute atomic E-state index is 12.6. The van der Waals surface area contributed by atoms with Crippen LogP contribution in [0.2, 0.25) is 0 Å². The number of methoxy groups -OCH3 is 1. The molecule has 2 aromatic carbocycles. The van der Waals surface area contributed by atoms with Crippen LogP contribution in [0.4, 0.5) is 0 Å². The van der Waals surface area contributed by atoms with E-state index in [1.54, 1.807) is 19.2 Å². The van der Waals surface area contributed by atoms with Gasteiger partial charge in [0.05, 0.1) is 6.10 Å². The van der Waals surface area contributed by atoms with E-state index in [9.17, 15) is 8.42 Å². The molecule has 0 amide bonds. The molecule has 5 nitrogen and oxygen atoms in total. The normalized spacial score (nSPS) is 20.8. The fraction of sp³-hybridized carbons (Fsp3) is 0.294. The van der Waals surface area contributed by atoms with Crippen molar-refractivity contribution in [2.45, 2.75) is 19.1 Å². The predicted molar refractivity (Wildman–Crippen MR) is 87.3 cm³/mol. The van der Waals surface area contributed by atoms with Crippen molar-refractivity contribution < 1.29 is 17.3 Å². The standard InChI is InChI=1S/C17H19NO4S/c1-21-16-11-15-9-5-6-10-17(15)22-23(19,20)18(13-16)12-14-7-3-2-4-8-14/h2-10,16H,11-13H2,1H3. The molecule has 3 rings (SSSR count). The first kappa shape index (κ1) is 16.0. The first-order chi connectivity index (χ1) is 11.1. The zero-order valence-electron chi connectivity index (χ0n) is 12.9. The monoisotopic (exact) mass is 333 g/mol. The Bertz CT molecular complexity index is 761. The summed E-state index contributed by atoms with van der Waals surface area (Å²) in [6.07, 6.45) is 0.381. The topological polar surface area (TPSA) is 55.8 Å². The molecule has 1 aliphatic rings. The fourth-order valence-corrected chi connectivity index (χ4v) is 3.79. The van der Waals surface area contributed by atoms with Gasteiger partial charge >= 0.3 is 10.3 Å². The van der Waals surface area contributed by atoms with Crippen molar-refractivity contribution in [3.63, 3.8) is 0 Å². The van der Waals surface area contributed by atoms with Gasteiger partial charge in [0, 0.05) is 26.6 Å². The van der Waals surface area contributed by atoms with Crippen LogP contribution in [0.15, 0.2) is 54.6 Å². The number of hydrogen-bond donors (Lipinski definition) is 0. The highest BCUT2D eigenvalue weighted by Crippen LogP contribution is 2.27. The van der Waals surface area contributed by atoms with Crippen molar-refractivity contribution in [3.05, 3.63) is 65.7 Å². The van der Waals surface area contributed by atoms with Gasteiger partial charge in [0.1, 0.15) is 5.75 Å². The second-order valence-electron chi connectivity index (χ2n) is 5.49. The third kappa shape index (κ3) is 3.72. The Morgan fingerprint density at radius 1 is 1.13 bits per heavy atom. The van der Waals surface area contributed by atoms with E-state index in [1.165, 1.54) is 4.31 Å². The molecule has 0 fully saturated rings. The van der Waals surface area contributed by atoms with E-state index in [1.807, 2.05) is 42.5 Å². The molecule has 0 saturated carbocycles. The maximum Gasteiger partial charge on any atom is 0.385 e. The number of hydrogen-bond acceptors (Lipinski definition) is 4. The summed E-state index contributed by atoms with van der Waals surface area (Å²) in [7, 11) is -2.28. The molecule has 23 heavy (non-hydrogen) atoms. The Morgan fingerprint density at radius 3 is 2.57 bits per heavy atom. The summed E-state index contributed by atoms with van der Waals surface area (Å²) in [6.45, 7) is 0.507. The summed E-state index contributed by atoms with van der Waals surface area (Å²) in [4.78, 5) is 0. The summed E-state index contributed by atoms with van der Waals surface area (Å²) in [6, 6.07) is 16.6. The highest BCUT2D eigenvalue weighted by molar-refractivity contribution is 7.84. The molecule has 2 aromatic rings. The van der Waals surface area contributed by atoms with E-state index in [0.717, 1.165) is 11.1 Å². The number of benzene rings is 2. The van der Waals surface area contributed by atoms with Gasteiger partial charge in [-0.05, 0) is 17.2 Å². The third-order valence-electron chi connectivity index (χ3n) is 3.87. The number of ether oxygens (including phenoxy) is 1. The maximum atomic E-state index is 12.6. The quantitative estimate of drug-likeness (QED) is 0.865. The molecule has 0 saturated heterocycles. The summed E-state index contributed by atoms with van der Waals surface area (Å²) < 4.78 is 37.4. The molecule has 0 spiro atoms. The molecule has 0 aromatic heterocycles. The average Bonchev–Trinajstić information content (AvgIpc) is 2.54. The van der Waals surface area contributed by atoms with E-state index in [0.29, 0.717) is 12.2 Å². The molecule has 0 radical (unpaired) electrons. The van der Waals surface area contributed by atoms with Crippen LogP contribution in [-0.2, 0) is 28.0 Å². The van der Waals surface area contributed by atoms with Crippen LogP contribution < -0.4 is 4.18 Å². The summed E-state index contributed by atoms with van der Waals surface area (Å²) in [5.41, 5.74) is 1.74. The third-order valence-corrected chi connectivity index (χ3v) is 5.17. The van der Waals surface area contributed by atoms with Gasteiger partial charge in [-0.1, -0.05) is 48.5 Å². The Balaban J connectivity index is 1.94. The fourth-order valence-electron chi connectivity index (χ4n) is 2.64. The van der Waals surface area contributed by atoms with Gasteiger partial charge in [0.2, 0.25) is 0 Å². The molecule has 0 bridgehead atoms. The lowest BCUT2D eigenvalue weighted by Gasteiger charge is -2.29. The number of fused-ring (bicyclic) bond motifs is 1. The van der Waals surface area contributed by atoms with Crippen molar-refractivity contribution in [2.24, 2.45) is 0 Å².